The molecule has 4 rings (SSSR count). The summed E-state index contributed by atoms with van der Waals surface area (Å²) in [7, 11) is 1.53. The molecule has 2 N–H and O–H groups in total. The zero-order valence-corrected chi connectivity index (χ0v) is 20.4. The highest BCUT2D eigenvalue weighted by molar-refractivity contribution is 5.70. The van der Waals surface area contributed by atoms with Gasteiger partial charge in [-0.1, -0.05) is 35.5 Å². The Morgan fingerprint density at radius 3 is 2.63 bits per heavy atom. The molecule has 1 amide bonds. The highest BCUT2D eigenvalue weighted by atomic mass is 19.4. The number of ether oxygens (including phenoxy) is 2. The Hall–Kier alpha value is -4.16. The van der Waals surface area contributed by atoms with Crippen molar-refractivity contribution in [1.29, 1.82) is 0 Å². The Morgan fingerprint density at radius 1 is 1.16 bits per heavy atom. The molecule has 1 aromatic carbocycles. The van der Waals surface area contributed by atoms with E-state index in [0.29, 0.717) is 25.0 Å². The second kappa shape index (κ2) is 11.5. The highest BCUT2D eigenvalue weighted by Gasteiger charge is 2.38. The standard InChI is InChI=1S/C25H26F3N5O5/c1-33-19(13-29-24(36)37-14-15-6-3-2-4-7-15)21(31-32-33)18-10-11-20(22(30-18)25(26,27)28)38-17-9-5-8-16(12-17)23(34)35/h2-4,6-7,10-11,16-17H,5,8-9,12-14H2,1H3,(H,29,36)(H,34,35)/t16-,17-/m0/s1. The molecule has 0 radical (unpaired) electrons. The van der Waals surface area contributed by atoms with Gasteiger partial charge in [0, 0.05) is 7.05 Å². The zero-order chi connectivity index (χ0) is 27.3. The Labute approximate surface area is 215 Å². The van der Waals surface area contributed by atoms with Crippen molar-refractivity contribution >= 4 is 12.1 Å². The average molecular weight is 534 g/mol. The fourth-order valence-electron chi connectivity index (χ4n) is 4.24. The van der Waals surface area contributed by atoms with Gasteiger partial charge in [0.2, 0.25) is 0 Å². The summed E-state index contributed by atoms with van der Waals surface area (Å²) in [5.41, 5.74) is -0.203. The van der Waals surface area contributed by atoms with E-state index in [1.807, 2.05) is 18.2 Å². The predicted molar refractivity (Wildman–Crippen MR) is 127 cm³/mol. The topological polar surface area (TPSA) is 128 Å². The van der Waals surface area contributed by atoms with Gasteiger partial charge < -0.3 is 19.9 Å². The van der Waals surface area contributed by atoms with Crippen LogP contribution in [0.15, 0.2) is 42.5 Å². The Morgan fingerprint density at radius 2 is 1.92 bits per heavy atom. The minimum absolute atomic E-state index is 0.0509. The summed E-state index contributed by atoms with van der Waals surface area (Å²) < 4.78 is 53.9. The van der Waals surface area contributed by atoms with Crippen molar-refractivity contribution in [2.45, 2.75) is 51.1 Å². The third-order valence-corrected chi connectivity index (χ3v) is 6.19. The molecule has 13 heteroatoms. The number of carboxylic acid groups (broad SMARTS) is 1. The SMILES string of the molecule is Cn1nnc(-c2ccc(O[C@H]3CCC[C@H](C(=O)O)C3)c(C(F)(F)F)n2)c1CNC(=O)OCc1ccccc1. The summed E-state index contributed by atoms with van der Waals surface area (Å²) >= 11 is 0. The number of amides is 1. The lowest BCUT2D eigenvalue weighted by atomic mass is 9.87. The molecule has 0 saturated heterocycles. The van der Waals surface area contributed by atoms with Crippen LogP contribution in [-0.2, 0) is 35.9 Å². The quantitative estimate of drug-likeness (QED) is 0.438. The highest BCUT2D eigenvalue weighted by Crippen LogP contribution is 2.38. The molecular formula is C25H26F3N5O5. The summed E-state index contributed by atoms with van der Waals surface area (Å²) in [4.78, 5) is 27.3. The molecular weight excluding hydrogens is 507 g/mol. The van der Waals surface area contributed by atoms with Gasteiger partial charge in [0.15, 0.2) is 11.4 Å². The van der Waals surface area contributed by atoms with Gasteiger partial charge in [0.05, 0.1) is 30.0 Å². The van der Waals surface area contributed by atoms with E-state index in [2.05, 4.69) is 20.6 Å². The van der Waals surface area contributed by atoms with Crippen LogP contribution in [0.3, 0.4) is 0 Å². The van der Waals surface area contributed by atoms with Crippen LogP contribution < -0.4 is 10.1 Å². The van der Waals surface area contributed by atoms with Crippen LogP contribution in [0.2, 0.25) is 0 Å². The molecule has 0 bridgehead atoms. The number of pyridine rings is 1. The number of halogens is 3. The second-order valence-corrected chi connectivity index (χ2v) is 8.91. The van der Waals surface area contributed by atoms with Crippen molar-refractivity contribution < 1.29 is 37.3 Å². The number of carbonyl (C=O) groups excluding carboxylic acids is 1. The lowest BCUT2D eigenvalue weighted by Gasteiger charge is -2.28. The Kier molecular flexibility index (Phi) is 8.13. The third kappa shape index (κ3) is 6.58. The van der Waals surface area contributed by atoms with E-state index in [9.17, 15) is 27.9 Å². The van der Waals surface area contributed by atoms with Crippen LogP contribution in [0, 0.1) is 5.92 Å². The Balaban J connectivity index is 1.49. The minimum Gasteiger partial charge on any atom is -0.488 e. The number of nitrogens with zero attached hydrogens (tertiary/aromatic N) is 4. The molecule has 0 spiro atoms. The van der Waals surface area contributed by atoms with Crippen molar-refractivity contribution in [2.75, 3.05) is 0 Å². The molecule has 10 nitrogen and oxygen atoms in total. The van der Waals surface area contributed by atoms with E-state index in [1.54, 1.807) is 12.1 Å². The summed E-state index contributed by atoms with van der Waals surface area (Å²) in [5, 5.41) is 19.6. The predicted octanol–water partition coefficient (Wildman–Crippen LogP) is 4.34. The Bertz CT molecular complexity index is 1280. The number of benzene rings is 1. The fourth-order valence-corrected chi connectivity index (χ4v) is 4.24. The second-order valence-electron chi connectivity index (χ2n) is 8.91. The monoisotopic (exact) mass is 533 g/mol. The van der Waals surface area contributed by atoms with Crippen LogP contribution in [-0.4, -0.2) is 43.3 Å². The number of aliphatic carboxylic acids is 1. The summed E-state index contributed by atoms with van der Waals surface area (Å²) in [6.45, 7) is -0.0677. The fraction of sp³-hybridized carbons (Fsp3) is 0.400. The van der Waals surface area contributed by atoms with Gasteiger partial charge in [0.1, 0.15) is 12.3 Å². The van der Waals surface area contributed by atoms with Crippen LogP contribution in [0.1, 0.15) is 42.6 Å². The van der Waals surface area contributed by atoms with Crippen LogP contribution in [0.5, 0.6) is 5.75 Å². The molecule has 202 valence electrons. The largest absolute Gasteiger partial charge is 0.488 e. The molecule has 2 aromatic heterocycles. The number of carbonyl (C=O) groups is 2. The number of aromatic nitrogens is 4. The zero-order valence-electron chi connectivity index (χ0n) is 20.4. The number of hydrogen-bond acceptors (Lipinski definition) is 7. The van der Waals surface area contributed by atoms with E-state index in [0.717, 1.165) is 11.6 Å². The van der Waals surface area contributed by atoms with Gasteiger partial charge in [-0.05, 0) is 43.4 Å². The number of carboxylic acids is 1. The molecule has 38 heavy (non-hydrogen) atoms. The number of hydrogen-bond donors (Lipinski definition) is 2. The maximum atomic E-state index is 13.9. The maximum Gasteiger partial charge on any atom is 0.437 e. The van der Waals surface area contributed by atoms with Crippen molar-refractivity contribution in [3.8, 4) is 17.1 Å². The number of alkyl halides is 3. The molecule has 1 saturated carbocycles. The van der Waals surface area contributed by atoms with Gasteiger partial charge in [-0.3, -0.25) is 4.79 Å². The third-order valence-electron chi connectivity index (χ3n) is 6.19. The van der Waals surface area contributed by atoms with E-state index >= 15 is 0 Å². The molecule has 1 fully saturated rings. The molecule has 0 unspecified atom stereocenters. The van der Waals surface area contributed by atoms with E-state index in [4.69, 9.17) is 9.47 Å². The first-order valence-electron chi connectivity index (χ1n) is 11.9. The van der Waals surface area contributed by atoms with Crippen molar-refractivity contribution in [3.05, 3.63) is 59.4 Å². The van der Waals surface area contributed by atoms with Gasteiger partial charge >= 0.3 is 18.2 Å². The van der Waals surface area contributed by atoms with E-state index in [-0.39, 0.29) is 31.0 Å². The number of rotatable bonds is 8. The van der Waals surface area contributed by atoms with E-state index in [1.165, 1.54) is 17.8 Å². The van der Waals surface area contributed by atoms with Crippen molar-refractivity contribution in [2.24, 2.45) is 13.0 Å². The van der Waals surface area contributed by atoms with Crippen molar-refractivity contribution in [3.63, 3.8) is 0 Å². The molecule has 3 aromatic rings. The molecule has 1 aliphatic rings. The minimum atomic E-state index is -4.84. The van der Waals surface area contributed by atoms with Gasteiger partial charge in [-0.25, -0.2) is 14.5 Å². The smallest absolute Gasteiger partial charge is 0.437 e. The molecule has 0 aliphatic heterocycles. The number of nitrogens with one attached hydrogen (secondary N) is 1. The van der Waals surface area contributed by atoms with Crippen molar-refractivity contribution in [1.82, 2.24) is 25.3 Å². The van der Waals surface area contributed by atoms with Gasteiger partial charge in [-0.15, -0.1) is 5.10 Å². The summed E-state index contributed by atoms with van der Waals surface area (Å²) in [5.74, 6) is -2.13. The first kappa shape index (κ1) is 26.9. The maximum absolute atomic E-state index is 13.9. The van der Waals surface area contributed by atoms with E-state index < -0.39 is 41.7 Å². The lowest BCUT2D eigenvalue weighted by molar-refractivity contribution is -0.146. The normalized spacial score (nSPS) is 17.6. The lowest BCUT2D eigenvalue weighted by Crippen LogP contribution is -2.30. The molecule has 1 aliphatic carbocycles. The average Bonchev–Trinajstić information content (AvgIpc) is 3.26. The molecule has 2 heterocycles. The van der Waals surface area contributed by atoms with Gasteiger partial charge in [-0.2, -0.15) is 13.2 Å². The first-order valence-corrected chi connectivity index (χ1v) is 11.9. The number of aryl methyl sites for hydroxylation is 1. The van der Waals surface area contributed by atoms with Crippen LogP contribution >= 0.6 is 0 Å². The number of alkyl carbamates (subject to hydrolysis) is 1. The summed E-state index contributed by atoms with van der Waals surface area (Å²) in [6, 6.07) is 11.5. The van der Waals surface area contributed by atoms with Crippen LogP contribution in [0.25, 0.3) is 11.4 Å². The van der Waals surface area contributed by atoms with Crippen LogP contribution in [0.4, 0.5) is 18.0 Å². The summed E-state index contributed by atoms with van der Waals surface area (Å²) in [6.07, 6.45) is -4.66. The molecule has 2 atom stereocenters. The first-order chi connectivity index (χ1) is 18.1. The van der Waals surface area contributed by atoms with Gasteiger partial charge in [0.25, 0.3) is 0 Å².